The van der Waals surface area contributed by atoms with Crippen LogP contribution < -0.4 is 0 Å². The standard InChI is InChI=1S/C20H19N3.2ClH.Fe/c1-15-7-3-5-9-19(15)21-13-17-11-12-18(23-17)14-22-20-10-6-4-8-16(20)2;;;/h3-11,13-14H,12H2,1-2H3;2*1H;/q;;;+2/p-2. The molecule has 3 nitrogen and oxygen atoms in total. The minimum atomic E-state index is 0.194. The molecular weight excluding hydrogens is 409 g/mol. The third kappa shape index (κ3) is 6.54. The van der Waals surface area contributed by atoms with Crippen molar-refractivity contribution in [1.82, 2.24) is 0 Å². The van der Waals surface area contributed by atoms with E-state index in [1.165, 1.54) is 0 Å². The Morgan fingerprint density at radius 1 is 0.885 bits per heavy atom. The fourth-order valence-electron chi connectivity index (χ4n) is 2.33. The Morgan fingerprint density at radius 3 is 1.92 bits per heavy atom. The summed E-state index contributed by atoms with van der Waals surface area (Å²) in [5.74, 6) is 0. The second-order valence-corrected chi connectivity index (χ2v) is 7.40. The van der Waals surface area contributed by atoms with Gasteiger partial charge >= 0.3 is 33.3 Å². The SMILES string of the molecule is Cc1ccccc1N=CC1=CCC(C=Nc2ccccc2C)=N1.[Cl][Fe][Cl]. The monoisotopic (exact) mass is 427 g/mol. The first-order valence-electron chi connectivity index (χ1n) is 7.96. The molecule has 0 bridgehead atoms. The van der Waals surface area contributed by atoms with E-state index in [-0.39, 0.29) is 13.1 Å². The van der Waals surface area contributed by atoms with Gasteiger partial charge in [-0.3, -0.25) is 15.0 Å². The van der Waals surface area contributed by atoms with Crippen molar-refractivity contribution in [2.45, 2.75) is 20.3 Å². The average Bonchev–Trinajstić information content (AvgIpc) is 3.09. The van der Waals surface area contributed by atoms with E-state index in [2.05, 4.69) is 47.0 Å². The third-order valence-electron chi connectivity index (χ3n) is 3.71. The number of hydrogen-bond acceptors (Lipinski definition) is 3. The number of benzene rings is 2. The molecule has 0 aromatic heterocycles. The van der Waals surface area contributed by atoms with E-state index in [1.54, 1.807) is 0 Å². The van der Waals surface area contributed by atoms with Crippen molar-refractivity contribution in [3.8, 4) is 0 Å². The molecule has 26 heavy (non-hydrogen) atoms. The fourth-order valence-corrected chi connectivity index (χ4v) is 2.33. The minimum absolute atomic E-state index is 0.194. The summed E-state index contributed by atoms with van der Waals surface area (Å²) in [6.45, 7) is 4.11. The summed E-state index contributed by atoms with van der Waals surface area (Å²) in [5, 5.41) is 0. The molecule has 0 saturated carbocycles. The molecule has 0 fully saturated rings. The van der Waals surface area contributed by atoms with Gasteiger partial charge in [-0.25, -0.2) is 0 Å². The summed E-state index contributed by atoms with van der Waals surface area (Å²) in [6.07, 6.45) is 6.52. The van der Waals surface area contributed by atoms with E-state index in [0.717, 1.165) is 40.3 Å². The maximum atomic E-state index is 4.76. The van der Waals surface area contributed by atoms with Gasteiger partial charge in [0, 0.05) is 12.6 Å². The summed E-state index contributed by atoms with van der Waals surface area (Å²) >= 11 is 0.194. The van der Waals surface area contributed by atoms with Crippen LogP contribution in [0.25, 0.3) is 0 Å². The van der Waals surface area contributed by atoms with E-state index in [9.17, 15) is 0 Å². The Morgan fingerprint density at radius 2 is 1.38 bits per heavy atom. The van der Waals surface area contributed by atoms with Gasteiger partial charge in [-0.15, -0.1) is 0 Å². The molecule has 1 aliphatic heterocycles. The van der Waals surface area contributed by atoms with Crippen molar-refractivity contribution in [3.05, 3.63) is 71.4 Å². The number of allylic oxidation sites excluding steroid dienone is 2. The molecule has 2 aromatic rings. The second kappa shape index (κ2) is 11.1. The van der Waals surface area contributed by atoms with Crippen LogP contribution in [0.15, 0.2) is 75.3 Å². The zero-order valence-electron chi connectivity index (χ0n) is 14.5. The summed E-state index contributed by atoms with van der Waals surface area (Å²) in [7, 11) is 9.53. The summed E-state index contributed by atoms with van der Waals surface area (Å²) in [5.41, 5.74) is 6.13. The average molecular weight is 428 g/mol. The van der Waals surface area contributed by atoms with Crippen LogP contribution in [0.4, 0.5) is 11.4 Å². The number of rotatable bonds is 4. The first-order chi connectivity index (χ1) is 12.6. The predicted molar refractivity (Wildman–Crippen MR) is 111 cm³/mol. The van der Waals surface area contributed by atoms with Crippen LogP contribution in [0.2, 0.25) is 0 Å². The van der Waals surface area contributed by atoms with Crippen molar-refractivity contribution >= 4 is 49.7 Å². The predicted octanol–water partition coefficient (Wildman–Crippen LogP) is 6.51. The Hall–Kier alpha value is -1.71. The summed E-state index contributed by atoms with van der Waals surface area (Å²) in [4.78, 5) is 13.6. The van der Waals surface area contributed by atoms with E-state index in [1.807, 2.05) is 48.8 Å². The van der Waals surface area contributed by atoms with Gasteiger partial charge < -0.3 is 0 Å². The first kappa shape index (κ1) is 20.6. The van der Waals surface area contributed by atoms with Crippen molar-refractivity contribution in [3.63, 3.8) is 0 Å². The van der Waals surface area contributed by atoms with E-state index in [0.29, 0.717) is 0 Å². The van der Waals surface area contributed by atoms with Gasteiger partial charge in [0.1, 0.15) is 0 Å². The molecule has 2 aromatic carbocycles. The molecule has 0 radical (unpaired) electrons. The number of aryl methyl sites for hydroxylation is 2. The van der Waals surface area contributed by atoms with Crippen LogP contribution in [0, 0.1) is 13.8 Å². The number of nitrogens with zero attached hydrogens (tertiary/aromatic N) is 3. The molecule has 3 rings (SSSR count). The molecule has 0 unspecified atom stereocenters. The van der Waals surface area contributed by atoms with Gasteiger partial charge in [0.2, 0.25) is 0 Å². The van der Waals surface area contributed by atoms with E-state index in [4.69, 9.17) is 20.2 Å². The summed E-state index contributed by atoms with van der Waals surface area (Å²) < 4.78 is 0. The Bertz CT molecular complexity index is 858. The van der Waals surface area contributed by atoms with Gasteiger partial charge in [-0.1, -0.05) is 42.5 Å². The van der Waals surface area contributed by atoms with E-state index >= 15 is 0 Å². The van der Waals surface area contributed by atoms with Crippen LogP contribution in [0.5, 0.6) is 0 Å². The van der Waals surface area contributed by atoms with Crippen LogP contribution in [0.1, 0.15) is 17.5 Å². The maximum absolute atomic E-state index is 4.76. The van der Waals surface area contributed by atoms with Gasteiger partial charge in [0.05, 0.1) is 29.0 Å². The van der Waals surface area contributed by atoms with Crippen molar-refractivity contribution < 1.29 is 13.1 Å². The molecule has 0 atom stereocenters. The van der Waals surface area contributed by atoms with Crippen molar-refractivity contribution in [2.24, 2.45) is 15.0 Å². The number of para-hydroxylation sites is 2. The molecule has 1 aliphatic rings. The third-order valence-corrected chi connectivity index (χ3v) is 3.71. The van der Waals surface area contributed by atoms with Crippen molar-refractivity contribution in [1.29, 1.82) is 0 Å². The molecule has 0 spiro atoms. The van der Waals surface area contributed by atoms with Gasteiger partial charge in [-0.05, 0) is 37.1 Å². The summed E-state index contributed by atoms with van der Waals surface area (Å²) in [6, 6.07) is 16.1. The van der Waals surface area contributed by atoms with Gasteiger partial charge in [0.15, 0.2) is 0 Å². The Balaban J connectivity index is 0.000000758. The van der Waals surface area contributed by atoms with Crippen molar-refractivity contribution in [2.75, 3.05) is 0 Å². The number of aliphatic imine (C=N–C) groups is 3. The molecule has 1 heterocycles. The first-order valence-corrected chi connectivity index (χ1v) is 11.0. The molecule has 0 aliphatic carbocycles. The van der Waals surface area contributed by atoms with Gasteiger partial charge in [0.25, 0.3) is 0 Å². The normalized spacial score (nSPS) is 13.7. The van der Waals surface area contributed by atoms with Crippen LogP contribution >= 0.6 is 20.2 Å². The Kier molecular flexibility index (Phi) is 8.79. The van der Waals surface area contributed by atoms with Crippen LogP contribution in [-0.4, -0.2) is 18.1 Å². The number of hydrogen-bond donors (Lipinski definition) is 0. The molecule has 0 amide bonds. The zero-order valence-corrected chi connectivity index (χ0v) is 17.1. The Labute approximate surface area is 169 Å². The molecule has 136 valence electrons. The van der Waals surface area contributed by atoms with Gasteiger partial charge in [-0.2, -0.15) is 0 Å². The molecule has 0 N–H and O–H groups in total. The fraction of sp³-hybridized carbons (Fsp3) is 0.150. The molecule has 0 saturated heterocycles. The molecule has 6 heteroatoms. The van der Waals surface area contributed by atoms with E-state index < -0.39 is 0 Å². The zero-order chi connectivity index (χ0) is 18.8. The quantitative estimate of drug-likeness (QED) is 0.393. The van der Waals surface area contributed by atoms with Crippen LogP contribution in [0.3, 0.4) is 0 Å². The number of halogens is 2. The molecular formula is C20H19Cl2FeN3. The van der Waals surface area contributed by atoms with Crippen LogP contribution in [-0.2, 0) is 13.1 Å². The second-order valence-electron chi connectivity index (χ2n) is 5.58. The topological polar surface area (TPSA) is 37.1 Å².